The SMILES string of the molecule is Oc1nc(O)c2ncsc2n1. The Morgan fingerprint density at radius 2 is 2.09 bits per heavy atom. The maximum absolute atomic E-state index is 9.07. The normalized spacial score (nSPS) is 10.5. The minimum atomic E-state index is -0.431. The van der Waals surface area contributed by atoms with Crippen LogP contribution in [-0.2, 0) is 0 Å². The number of thiazole rings is 1. The molecule has 0 amide bonds. The van der Waals surface area contributed by atoms with Gasteiger partial charge in [0.25, 0.3) is 0 Å². The van der Waals surface area contributed by atoms with Crippen LogP contribution in [0.25, 0.3) is 10.3 Å². The number of fused-ring (bicyclic) bond motifs is 1. The number of hydrogen-bond donors (Lipinski definition) is 2. The molecule has 0 fully saturated rings. The highest BCUT2D eigenvalue weighted by Gasteiger charge is 2.06. The molecule has 2 rings (SSSR count). The molecule has 2 aromatic heterocycles. The van der Waals surface area contributed by atoms with Crippen LogP contribution in [0.3, 0.4) is 0 Å². The van der Waals surface area contributed by atoms with E-state index in [2.05, 4.69) is 15.0 Å². The molecule has 2 heterocycles. The Hall–Kier alpha value is -1.43. The Kier molecular flexibility index (Phi) is 1.16. The van der Waals surface area contributed by atoms with Gasteiger partial charge in [0, 0.05) is 0 Å². The van der Waals surface area contributed by atoms with Crippen molar-refractivity contribution in [2.75, 3.05) is 0 Å². The molecule has 0 radical (unpaired) electrons. The Morgan fingerprint density at radius 1 is 1.27 bits per heavy atom. The summed E-state index contributed by atoms with van der Waals surface area (Å²) < 4.78 is 0. The van der Waals surface area contributed by atoms with Crippen molar-refractivity contribution >= 4 is 21.7 Å². The summed E-state index contributed by atoms with van der Waals surface area (Å²) in [5, 5.41) is 17.9. The van der Waals surface area contributed by atoms with Crippen molar-refractivity contribution in [3.63, 3.8) is 0 Å². The van der Waals surface area contributed by atoms with Gasteiger partial charge in [-0.2, -0.15) is 9.97 Å². The fraction of sp³-hybridized carbons (Fsp3) is 0. The zero-order valence-corrected chi connectivity index (χ0v) is 6.04. The van der Waals surface area contributed by atoms with Gasteiger partial charge in [-0.15, -0.1) is 11.3 Å². The van der Waals surface area contributed by atoms with Gasteiger partial charge in [0.15, 0.2) is 10.3 Å². The Labute approximate surface area is 65.0 Å². The Bertz CT molecular complexity index is 400. The zero-order chi connectivity index (χ0) is 7.84. The van der Waals surface area contributed by atoms with Crippen LogP contribution in [0.2, 0.25) is 0 Å². The van der Waals surface area contributed by atoms with E-state index < -0.39 is 6.01 Å². The summed E-state index contributed by atoms with van der Waals surface area (Å²) in [5.41, 5.74) is 1.85. The van der Waals surface area contributed by atoms with E-state index >= 15 is 0 Å². The Morgan fingerprint density at radius 3 is 2.91 bits per heavy atom. The van der Waals surface area contributed by atoms with Crippen molar-refractivity contribution in [2.45, 2.75) is 0 Å². The lowest BCUT2D eigenvalue weighted by Gasteiger charge is -1.91. The van der Waals surface area contributed by atoms with Crippen LogP contribution in [0.4, 0.5) is 0 Å². The first kappa shape index (κ1) is 6.29. The fourth-order valence-corrected chi connectivity index (χ4v) is 1.38. The van der Waals surface area contributed by atoms with Gasteiger partial charge in [-0.05, 0) is 0 Å². The van der Waals surface area contributed by atoms with Gasteiger partial charge in [0.05, 0.1) is 5.51 Å². The topological polar surface area (TPSA) is 79.1 Å². The molecule has 2 aromatic rings. The largest absolute Gasteiger partial charge is 0.492 e. The molecule has 2 N–H and O–H groups in total. The summed E-state index contributed by atoms with van der Waals surface area (Å²) in [6.45, 7) is 0. The second kappa shape index (κ2) is 2.03. The third-order valence-electron chi connectivity index (χ3n) is 1.17. The molecule has 0 aliphatic rings. The maximum Gasteiger partial charge on any atom is 0.318 e. The highest BCUT2D eigenvalue weighted by atomic mass is 32.1. The average molecular weight is 169 g/mol. The van der Waals surface area contributed by atoms with Crippen molar-refractivity contribution in [1.29, 1.82) is 0 Å². The zero-order valence-electron chi connectivity index (χ0n) is 5.22. The summed E-state index contributed by atoms with van der Waals surface area (Å²) in [6.07, 6.45) is 0. The molecule has 0 aromatic carbocycles. The fourth-order valence-electron chi connectivity index (χ4n) is 0.736. The van der Waals surface area contributed by atoms with Gasteiger partial charge in [-0.1, -0.05) is 0 Å². The van der Waals surface area contributed by atoms with Crippen LogP contribution in [0.15, 0.2) is 5.51 Å². The standard InChI is InChI=1S/C5H3N3O2S/c9-3-2-4(11-1-6-2)8-5(10)7-3/h1H,(H2,7,8,9,10). The van der Waals surface area contributed by atoms with Gasteiger partial charge in [0.1, 0.15) is 0 Å². The number of aromatic hydroxyl groups is 2. The summed E-state index contributed by atoms with van der Waals surface area (Å²) in [7, 11) is 0. The molecule has 11 heavy (non-hydrogen) atoms. The van der Waals surface area contributed by atoms with E-state index in [0.717, 1.165) is 0 Å². The molecule has 5 nitrogen and oxygen atoms in total. The van der Waals surface area contributed by atoms with Crippen molar-refractivity contribution in [1.82, 2.24) is 15.0 Å². The number of nitrogens with zero attached hydrogens (tertiary/aromatic N) is 3. The Balaban J connectivity index is 2.91. The van der Waals surface area contributed by atoms with Gasteiger partial charge < -0.3 is 10.2 Å². The van der Waals surface area contributed by atoms with Crippen LogP contribution in [-0.4, -0.2) is 25.2 Å². The van der Waals surface area contributed by atoms with Gasteiger partial charge in [-0.25, -0.2) is 4.98 Å². The maximum atomic E-state index is 9.07. The first-order valence-electron chi connectivity index (χ1n) is 2.76. The monoisotopic (exact) mass is 169 g/mol. The van der Waals surface area contributed by atoms with Crippen molar-refractivity contribution in [2.24, 2.45) is 0 Å². The summed E-state index contributed by atoms with van der Waals surface area (Å²) in [4.78, 5) is 11.2. The van der Waals surface area contributed by atoms with E-state index in [9.17, 15) is 0 Å². The molecule has 6 heteroatoms. The molecule has 0 atom stereocenters. The summed E-state index contributed by atoms with van der Waals surface area (Å²) in [5.74, 6) is -0.284. The highest BCUT2D eigenvalue weighted by molar-refractivity contribution is 7.16. The van der Waals surface area contributed by atoms with Crippen molar-refractivity contribution < 1.29 is 10.2 Å². The molecule has 0 aliphatic heterocycles. The van der Waals surface area contributed by atoms with Crippen molar-refractivity contribution in [3.8, 4) is 11.9 Å². The minimum absolute atomic E-state index is 0.284. The lowest BCUT2D eigenvalue weighted by molar-refractivity contribution is 0.403. The highest BCUT2D eigenvalue weighted by Crippen LogP contribution is 2.24. The van der Waals surface area contributed by atoms with E-state index in [1.54, 1.807) is 0 Å². The lowest BCUT2D eigenvalue weighted by atomic mass is 10.6. The van der Waals surface area contributed by atoms with E-state index in [0.29, 0.717) is 10.3 Å². The first-order valence-corrected chi connectivity index (χ1v) is 3.64. The van der Waals surface area contributed by atoms with Gasteiger partial charge in [-0.3, -0.25) is 0 Å². The second-order valence-electron chi connectivity index (χ2n) is 1.85. The van der Waals surface area contributed by atoms with E-state index in [1.165, 1.54) is 16.8 Å². The van der Waals surface area contributed by atoms with Crippen LogP contribution in [0.1, 0.15) is 0 Å². The molecular formula is C5H3N3O2S. The predicted molar refractivity (Wildman–Crippen MR) is 38.5 cm³/mol. The van der Waals surface area contributed by atoms with E-state index in [1.807, 2.05) is 0 Å². The molecule has 0 unspecified atom stereocenters. The summed E-state index contributed by atoms with van der Waals surface area (Å²) in [6, 6.07) is -0.431. The number of aromatic nitrogens is 3. The molecule has 0 bridgehead atoms. The quantitative estimate of drug-likeness (QED) is 0.600. The molecule has 0 spiro atoms. The van der Waals surface area contributed by atoms with Gasteiger partial charge >= 0.3 is 6.01 Å². The van der Waals surface area contributed by atoms with Gasteiger partial charge in [0.2, 0.25) is 5.88 Å². The molecule has 0 aliphatic carbocycles. The smallest absolute Gasteiger partial charge is 0.318 e. The molecule has 0 saturated heterocycles. The van der Waals surface area contributed by atoms with Crippen molar-refractivity contribution in [3.05, 3.63) is 5.51 Å². The first-order chi connectivity index (χ1) is 5.27. The average Bonchev–Trinajstić information content (AvgIpc) is 2.34. The molecule has 0 saturated carbocycles. The summed E-state index contributed by atoms with van der Waals surface area (Å²) >= 11 is 1.23. The third kappa shape index (κ3) is 0.874. The van der Waals surface area contributed by atoms with Crippen LogP contribution in [0.5, 0.6) is 11.9 Å². The van der Waals surface area contributed by atoms with Crippen LogP contribution >= 0.6 is 11.3 Å². The molecular weight excluding hydrogens is 166 g/mol. The van der Waals surface area contributed by atoms with E-state index in [-0.39, 0.29) is 5.88 Å². The minimum Gasteiger partial charge on any atom is -0.492 e. The van der Waals surface area contributed by atoms with E-state index in [4.69, 9.17) is 10.2 Å². The second-order valence-corrected chi connectivity index (χ2v) is 2.69. The molecule has 56 valence electrons. The number of rotatable bonds is 0. The van der Waals surface area contributed by atoms with Crippen LogP contribution in [0, 0.1) is 0 Å². The lowest BCUT2D eigenvalue weighted by Crippen LogP contribution is -1.81. The predicted octanol–water partition coefficient (Wildman–Crippen LogP) is 0.497. The third-order valence-corrected chi connectivity index (χ3v) is 1.89. The van der Waals surface area contributed by atoms with Crippen LogP contribution < -0.4 is 0 Å². The number of hydrogen-bond acceptors (Lipinski definition) is 6.